The van der Waals surface area contributed by atoms with Gasteiger partial charge in [-0.25, -0.2) is 8.78 Å². The van der Waals surface area contributed by atoms with Crippen molar-refractivity contribution in [3.05, 3.63) is 52.3 Å². The Hall–Kier alpha value is -2.77. The highest BCUT2D eigenvalue weighted by atomic mass is 19.1. The quantitative estimate of drug-likeness (QED) is 0.770. The van der Waals surface area contributed by atoms with E-state index >= 15 is 0 Å². The van der Waals surface area contributed by atoms with Gasteiger partial charge in [-0.15, -0.1) is 0 Å². The summed E-state index contributed by atoms with van der Waals surface area (Å²) in [4.78, 5) is 24.2. The van der Waals surface area contributed by atoms with E-state index in [1.54, 1.807) is 11.6 Å². The SMILES string of the molecule is Cc1nn(C)c(C)c1C(C)C(=O)NCCNC(=O)c1c(F)cccc1F. The molecule has 0 aliphatic carbocycles. The highest BCUT2D eigenvalue weighted by molar-refractivity contribution is 5.94. The van der Waals surface area contributed by atoms with Crippen molar-refractivity contribution in [2.24, 2.45) is 7.05 Å². The molecule has 0 aliphatic heterocycles. The number of hydrogen-bond donors (Lipinski definition) is 2. The van der Waals surface area contributed by atoms with Crippen LogP contribution >= 0.6 is 0 Å². The second-order valence-electron chi connectivity index (χ2n) is 6.07. The molecule has 1 unspecified atom stereocenters. The maximum Gasteiger partial charge on any atom is 0.257 e. The molecule has 8 heteroatoms. The van der Waals surface area contributed by atoms with Crippen molar-refractivity contribution < 1.29 is 18.4 Å². The van der Waals surface area contributed by atoms with E-state index in [0.717, 1.165) is 29.1 Å². The van der Waals surface area contributed by atoms with Crippen LogP contribution in [0, 0.1) is 25.5 Å². The summed E-state index contributed by atoms with van der Waals surface area (Å²) in [6.07, 6.45) is 0. The van der Waals surface area contributed by atoms with Crippen LogP contribution in [-0.4, -0.2) is 34.7 Å². The average molecular weight is 364 g/mol. The van der Waals surface area contributed by atoms with Gasteiger partial charge in [-0.1, -0.05) is 6.07 Å². The predicted molar refractivity (Wildman–Crippen MR) is 92.8 cm³/mol. The van der Waals surface area contributed by atoms with Gasteiger partial charge in [0.25, 0.3) is 5.91 Å². The molecule has 0 bridgehead atoms. The lowest BCUT2D eigenvalue weighted by Crippen LogP contribution is -2.37. The lowest BCUT2D eigenvalue weighted by atomic mass is 9.98. The standard InChI is InChI=1S/C18H22F2N4O2/c1-10(15-11(2)23-24(4)12(15)3)17(25)21-8-9-22-18(26)16-13(19)6-5-7-14(16)20/h5-7,10H,8-9H2,1-4H3,(H,21,25)(H,22,26). The number of aryl methyl sites for hydroxylation is 2. The Balaban J connectivity index is 1.88. The molecule has 2 amide bonds. The number of rotatable bonds is 6. The third kappa shape index (κ3) is 4.07. The summed E-state index contributed by atoms with van der Waals surface area (Å²) in [6, 6.07) is 3.21. The van der Waals surface area contributed by atoms with Gasteiger partial charge in [-0.05, 0) is 32.9 Å². The van der Waals surface area contributed by atoms with Crippen LogP contribution in [0.25, 0.3) is 0 Å². The number of nitrogens with one attached hydrogen (secondary N) is 2. The zero-order chi connectivity index (χ0) is 19.4. The Morgan fingerprint density at radius 3 is 2.27 bits per heavy atom. The monoisotopic (exact) mass is 364 g/mol. The lowest BCUT2D eigenvalue weighted by Gasteiger charge is -2.13. The summed E-state index contributed by atoms with van der Waals surface area (Å²) in [5.41, 5.74) is 1.93. The minimum atomic E-state index is -0.928. The fraction of sp³-hybridized carbons (Fsp3) is 0.389. The first kappa shape index (κ1) is 19.6. The van der Waals surface area contributed by atoms with Gasteiger partial charge in [0, 0.05) is 31.4 Å². The molecule has 0 saturated heterocycles. The first-order valence-corrected chi connectivity index (χ1v) is 8.24. The molecule has 2 aromatic rings. The maximum absolute atomic E-state index is 13.5. The highest BCUT2D eigenvalue weighted by Crippen LogP contribution is 2.22. The van der Waals surface area contributed by atoms with E-state index < -0.39 is 29.0 Å². The van der Waals surface area contributed by atoms with Gasteiger partial charge in [-0.2, -0.15) is 5.10 Å². The van der Waals surface area contributed by atoms with E-state index in [1.165, 1.54) is 6.07 Å². The van der Waals surface area contributed by atoms with Crippen LogP contribution < -0.4 is 10.6 Å². The zero-order valence-corrected chi connectivity index (χ0v) is 15.2. The smallest absolute Gasteiger partial charge is 0.257 e. The second-order valence-corrected chi connectivity index (χ2v) is 6.07. The molecule has 0 aliphatic rings. The Bertz CT molecular complexity index is 813. The van der Waals surface area contributed by atoms with Gasteiger partial charge in [0.15, 0.2) is 0 Å². The second kappa shape index (κ2) is 8.07. The van der Waals surface area contributed by atoms with E-state index in [9.17, 15) is 18.4 Å². The number of amides is 2. The van der Waals surface area contributed by atoms with Crippen LogP contribution in [0.3, 0.4) is 0 Å². The Morgan fingerprint density at radius 1 is 1.15 bits per heavy atom. The summed E-state index contributed by atoms with van der Waals surface area (Å²) in [7, 11) is 1.81. The molecule has 6 nitrogen and oxygen atoms in total. The van der Waals surface area contributed by atoms with Gasteiger partial charge >= 0.3 is 0 Å². The molecule has 2 N–H and O–H groups in total. The first-order chi connectivity index (χ1) is 12.2. The number of hydrogen-bond acceptors (Lipinski definition) is 3. The number of halogens is 2. The highest BCUT2D eigenvalue weighted by Gasteiger charge is 2.22. The molecule has 0 radical (unpaired) electrons. The minimum Gasteiger partial charge on any atom is -0.354 e. The number of nitrogens with zero attached hydrogens (tertiary/aromatic N) is 2. The van der Waals surface area contributed by atoms with Crippen LogP contribution in [0.4, 0.5) is 8.78 Å². The summed E-state index contributed by atoms with van der Waals surface area (Å²) >= 11 is 0. The van der Waals surface area contributed by atoms with Crippen LogP contribution in [0.5, 0.6) is 0 Å². The van der Waals surface area contributed by atoms with Crippen molar-refractivity contribution in [3.63, 3.8) is 0 Å². The Morgan fingerprint density at radius 2 is 1.73 bits per heavy atom. The molecule has 0 spiro atoms. The van der Waals surface area contributed by atoms with E-state index in [-0.39, 0.29) is 19.0 Å². The van der Waals surface area contributed by atoms with Crippen LogP contribution in [0.15, 0.2) is 18.2 Å². The minimum absolute atomic E-state index is 0.0517. The zero-order valence-electron chi connectivity index (χ0n) is 15.2. The Kier molecular flexibility index (Phi) is 6.07. The van der Waals surface area contributed by atoms with Crippen LogP contribution in [0.2, 0.25) is 0 Å². The third-order valence-corrected chi connectivity index (χ3v) is 4.29. The van der Waals surface area contributed by atoms with Crippen LogP contribution in [0.1, 0.15) is 40.2 Å². The van der Waals surface area contributed by atoms with Gasteiger partial charge in [0.1, 0.15) is 17.2 Å². The van der Waals surface area contributed by atoms with Crippen molar-refractivity contribution in [1.29, 1.82) is 0 Å². The van der Waals surface area contributed by atoms with Crippen molar-refractivity contribution in [3.8, 4) is 0 Å². The third-order valence-electron chi connectivity index (χ3n) is 4.29. The van der Waals surface area contributed by atoms with E-state index in [4.69, 9.17) is 0 Å². The van der Waals surface area contributed by atoms with Crippen molar-refractivity contribution in [2.45, 2.75) is 26.7 Å². The fourth-order valence-electron chi connectivity index (χ4n) is 2.87. The molecular formula is C18H22F2N4O2. The lowest BCUT2D eigenvalue weighted by molar-refractivity contribution is -0.122. The maximum atomic E-state index is 13.5. The van der Waals surface area contributed by atoms with Gasteiger partial charge in [0.2, 0.25) is 5.91 Å². The molecule has 0 saturated carbocycles. The van der Waals surface area contributed by atoms with E-state index in [1.807, 2.05) is 20.9 Å². The summed E-state index contributed by atoms with van der Waals surface area (Å²) in [5.74, 6) is -3.33. The molecule has 26 heavy (non-hydrogen) atoms. The molecular weight excluding hydrogens is 342 g/mol. The van der Waals surface area contributed by atoms with Crippen molar-refractivity contribution >= 4 is 11.8 Å². The van der Waals surface area contributed by atoms with Crippen molar-refractivity contribution in [1.82, 2.24) is 20.4 Å². The van der Waals surface area contributed by atoms with Gasteiger partial charge in [0.05, 0.1) is 11.6 Å². The van der Waals surface area contributed by atoms with E-state index in [0.29, 0.717) is 0 Å². The summed E-state index contributed by atoms with van der Waals surface area (Å²) < 4.78 is 28.8. The fourth-order valence-corrected chi connectivity index (χ4v) is 2.87. The average Bonchev–Trinajstić information content (AvgIpc) is 2.83. The number of aromatic nitrogens is 2. The van der Waals surface area contributed by atoms with E-state index in [2.05, 4.69) is 15.7 Å². The van der Waals surface area contributed by atoms with Gasteiger partial charge in [-0.3, -0.25) is 14.3 Å². The number of benzene rings is 1. The van der Waals surface area contributed by atoms with Crippen LogP contribution in [-0.2, 0) is 11.8 Å². The topological polar surface area (TPSA) is 76.0 Å². The normalized spacial score (nSPS) is 11.9. The molecule has 1 atom stereocenters. The summed E-state index contributed by atoms with van der Waals surface area (Å²) in [6.45, 7) is 5.71. The molecule has 0 fully saturated rings. The molecule has 140 valence electrons. The predicted octanol–water partition coefficient (Wildman–Crippen LogP) is 1.96. The number of carbonyl (C=O) groups is 2. The molecule has 1 aromatic heterocycles. The van der Waals surface area contributed by atoms with Gasteiger partial charge < -0.3 is 10.6 Å². The molecule has 1 aromatic carbocycles. The first-order valence-electron chi connectivity index (χ1n) is 8.24. The van der Waals surface area contributed by atoms with Crippen molar-refractivity contribution in [2.75, 3.05) is 13.1 Å². The largest absolute Gasteiger partial charge is 0.354 e. The molecule has 2 rings (SSSR count). The summed E-state index contributed by atoms with van der Waals surface area (Å²) in [5, 5.41) is 9.39. The molecule has 1 heterocycles. The Labute approximate surface area is 150 Å². The number of carbonyl (C=O) groups excluding carboxylic acids is 2.